The molecule has 1 fully saturated rings. The summed E-state index contributed by atoms with van der Waals surface area (Å²) in [4.78, 5) is 12.4. The monoisotopic (exact) mass is 472 g/mol. The molecule has 0 saturated carbocycles. The fourth-order valence-corrected chi connectivity index (χ4v) is 5.99. The molecule has 1 amide bonds. The first-order valence-corrected chi connectivity index (χ1v) is 12.6. The van der Waals surface area contributed by atoms with Crippen molar-refractivity contribution >= 4 is 19.2 Å². The quantitative estimate of drug-likeness (QED) is 0.427. The van der Waals surface area contributed by atoms with Crippen LogP contribution in [0.5, 0.6) is 0 Å². The van der Waals surface area contributed by atoms with Crippen molar-refractivity contribution < 1.29 is 27.3 Å². The lowest BCUT2D eigenvalue weighted by Crippen LogP contribution is -2.24. The summed E-state index contributed by atoms with van der Waals surface area (Å²) in [6, 6.07) is 13.1. The highest BCUT2D eigenvalue weighted by Gasteiger charge is 2.35. The standard InChI is InChI=1S/C24H26FN2O5P/c1-16-13-17(2)32-33(29,31-16)15-18-3-10-22(11-4-18)27-23(28)12-7-20-14-26-30-24(20)19-5-8-21(25)9-6-19/h3-6,8-11,14,16-17H,7,12-13,15H2,1-2H3,(H,27,28). The minimum absolute atomic E-state index is 0.104. The molecule has 4 rings (SSSR count). The van der Waals surface area contributed by atoms with E-state index in [4.69, 9.17) is 13.6 Å². The zero-order chi connectivity index (χ0) is 23.4. The summed E-state index contributed by atoms with van der Waals surface area (Å²) in [6.45, 7) is 3.79. The van der Waals surface area contributed by atoms with Gasteiger partial charge in [0.2, 0.25) is 5.91 Å². The van der Waals surface area contributed by atoms with Crippen LogP contribution in [0.3, 0.4) is 0 Å². The van der Waals surface area contributed by atoms with Gasteiger partial charge in [0.05, 0.1) is 24.6 Å². The molecule has 2 unspecified atom stereocenters. The third kappa shape index (κ3) is 6.16. The Morgan fingerprint density at radius 3 is 2.42 bits per heavy atom. The molecule has 174 valence electrons. The highest BCUT2D eigenvalue weighted by atomic mass is 31.2. The van der Waals surface area contributed by atoms with E-state index in [2.05, 4.69) is 10.5 Å². The van der Waals surface area contributed by atoms with E-state index < -0.39 is 7.60 Å². The fraction of sp³-hybridized carbons (Fsp3) is 0.333. The van der Waals surface area contributed by atoms with Gasteiger partial charge in [0.15, 0.2) is 5.76 Å². The SMILES string of the molecule is CC1CC(C)OP(=O)(Cc2ccc(NC(=O)CCc3cnoc3-c3ccc(F)cc3)cc2)O1. The lowest BCUT2D eigenvalue weighted by Gasteiger charge is -2.32. The van der Waals surface area contributed by atoms with Gasteiger partial charge in [0, 0.05) is 29.7 Å². The first-order valence-electron chi connectivity index (χ1n) is 10.8. The van der Waals surface area contributed by atoms with E-state index in [1.165, 1.54) is 12.1 Å². The van der Waals surface area contributed by atoms with Gasteiger partial charge in [0.1, 0.15) is 5.82 Å². The molecular formula is C24H26FN2O5P. The molecule has 1 aliphatic rings. The van der Waals surface area contributed by atoms with Crippen molar-refractivity contribution in [3.05, 3.63) is 71.7 Å². The van der Waals surface area contributed by atoms with Gasteiger partial charge in [-0.3, -0.25) is 9.36 Å². The Bertz CT molecular complexity index is 1130. The number of carbonyl (C=O) groups excluding carboxylic acids is 1. The predicted molar refractivity (Wildman–Crippen MR) is 122 cm³/mol. The van der Waals surface area contributed by atoms with Crippen LogP contribution in [0, 0.1) is 5.82 Å². The third-order valence-electron chi connectivity index (χ3n) is 5.33. The van der Waals surface area contributed by atoms with Crippen LogP contribution in [0.25, 0.3) is 11.3 Å². The summed E-state index contributed by atoms with van der Waals surface area (Å²) >= 11 is 0. The lowest BCUT2D eigenvalue weighted by atomic mass is 10.1. The maximum absolute atomic E-state index is 13.2. The van der Waals surface area contributed by atoms with Gasteiger partial charge >= 0.3 is 7.60 Å². The van der Waals surface area contributed by atoms with E-state index in [9.17, 15) is 13.8 Å². The average molecular weight is 472 g/mol. The largest absolute Gasteiger partial charge is 0.356 e. The molecule has 3 aromatic rings. The first kappa shape index (κ1) is 23.4. The summed E-state index contributed by atoms with van der Waals surface area (Å²) in [7, 11) is -3.18. The fourth-order valence-electron chi connectivity index (χ4n) is 3.87. The van der Waals surface area contributed by atoms with Gasteiger partial charge in [0.25, 0.3) is 0 Å². The molecule has 1 N–H and O–H groups in total. The molecule has 7 nitrogen and oxygen atoms in total. The van der Waals surface area contributed by atoms with Gasteiger partial charge < -0.3 is 18.9 Å². The summed E-state index contributed by atoms with van der Waals surface area (Å²) < 4.78 is 42.5. The Morgan fingerprint density at radius 2 is 1.76 bits per heavy atom. The van der Waals surface area contributed by atoms with Gasteiger partial charge in [-0.15, -0.1) is 0 Å². The third-order valence-corrected chi connectivity index (χ3v) is 7.45. The van der Waals surface area contributed by atoms with Crippen molar-refractivity contribution in [2.75, 3.05) is 5.32 Å². The molecule has 1 aromatic heterocycles. The highest BCUT2D eigenvalue weighted by Crippen LogP contribution is 2.56. The molecule has 0 bridgehead atoms. The number of hydrogen-bond donors (Lipinski definition) is 1. The van der Waals surface area contributed by atoms with Crippen molar-refractivity contribution in [2.45, 2.75) is 51.5 Å². The topological polar surface area (TPSA) is 90.7 Å². The number of benzene rings is 2. The van der Waals surface area contributed by atoms with E-state index in [0.29, 0.717) is 23.4 Å². The number of nitrogens with zero attached hydrogens (tertiary/aromatic N) is 1. The maximum Gasteiger partial charge on any atom is 0.335 e. The van der Waals surface area contributed by atoms with Crippen molar-refractivity contribution in [1.82, 2.24) is 5.16 Å². The van der Waals surface area contributed by atoms with Gasteiger partial charge in [-0.1, -0.05) is 17.3 Å². The molecule has 9 heteroatoms. The van der Waals surface area contributed by atoms with Crippen LogP contribution in [-0.2, 0) is 31.0 Å². The van der Waals surface area contributed by atoms with Crippen LogP contribution < -0.4 is 5.32 Å². The summed E-state index contributed by atoms with van der Waals surface area (Å²) in [6.07, 6.45) is 2.92. The van der Waals surface area contributed by atoms with Crippen molar-refractivity contribution in [1.29, 1.82) is 0 Å². The van der Waals surface area contributed by atoms with Crippen LogP contribution in [-0.4, -0.2) is 23.3 Å². The molecule has 1 saturated heterocycles. The number of halogens is 1. The summed E-state index contributed by atoms with van der Waals surface area (Å²) in [5.41, 5.74) is 2.92. The first-order chi connectivity index (χ1) is 15.8. The smallest absolute Gasteiger partial charge is 0.335 e. The van der Waals surface area contributed by atoms with Crippen molar-refractivity contribution in [3.63, 3.8) is 0 Å². The predicted octanol–water partition coefficient (Wildman–Crippen LogP) is 5.96. The molecule has 0 spiro atoms. The van der Waals surface area contributed by atoms with Crippen LogP contribution in [0.4, 0.5) is 10.1 Å². The van der Waals surface area contributed by atoms with Gasteiger partial charge in [-0.2, -0.15) is 0 Å². The highest BCUT2D eigenvalue weighted by molar-refractivity contribution is 7.53. The Kier molecular flexibility index (Phi) is 7.08. The van der Waals surface area contributed by atoms with Crippen molar-refractivity contribution in [3.8, 4) is 11.3 Å². The van der Waals surface area contributed by atoms with Crippen LogP contribution in [0.15, 0.2) is 59.3 Å². The van der Waals surface area contributed by atoms with Crippen LogP contribution in [0.1, 0.15) is 37.8 Å². The summed E-state index contributed by atoms with van der Waals surface area (Å²) in [5.74, 6) is 0.0293. The zero-order valence-corrected chi connectivity index (χ0v) is 19.4. The Hall–Kier alpha value is -2.80. The normalized spacial score (nSPS) is 22.8. The second-order valence-corrected chi connectivity index (χ2v) is 10.2. The number of aromatic nitrogens is 1. The second-order valence-electron chi connectivity index (χ2n) is 8.27. The summed E-state index contributed by atoms with van der Waals surface area (Å²) in [5, 5.41) is 6.67. The molecule has 0 aliphatic carbocycles. The van der Waals surface area contributed by atoms with E-state index in [0.717, 1.165) is 17.5 Å². The molecule has 0 radical (unpaired) electrons. The number of aryl methyl sites for hydroxylation is 1. The molecule has 2 aromatic carbocycles. The molecule has 2 atom stereocenters. The number of amides is 1. The van der Waals surface area contributed by atoms with E-state index in [1.807, 2.05) is 13.8 Å². The second kappa shape index (κ2) is 10.00. The van der Waals surface area contributed by atoms with E-state index in [-0.39, 0.29) is 36.5 Å². The molecule has 33 heavy (non-hydrogen) atoms. The number of anilines is 1. The van der Waals surface area contributed by atoms with Crippen LogP contribution >= 0.6 is 7.60 Å². The number of rotatable bonds is 7. The maximum atomic E-state index is 13.2. The number of carbonyl (C=O) groups is 1. The lowest BCUT2D eigenvalue weighted by molar-refractivity contribution is -0.116. The zero-order valence-electron chi connectivity index (χ0n) is 18.5. The average Bonchev–Trinajstić information content (AvgIpc) is 3.22. The van der Waals surface area contributed by atoms with E-state index in [1.54, 1.807) is 42.6 Å². The number of nitrogens with one attached hydrogen (secondary N) is 1. The van der Waals surface area contributed by atoms with Gasteiger partial charge in [-0.05, 0) is 62.2 Å². The van der Waals surface area contributed by atoms with E-state index >= 15 is 0 Å². The number of hydrogen-bond acceptors (Lipinski definition) is 6. The van der Waals surface area contributed by atoms with Crippen LogP contribution in [0.2, 0.25) is 0 Å². The van der Waals surface area contributed by atoms with Crippen molar-refractivity contribution in [2.24, 2.45) is 0 Å². The Balaban J connectivity index is 1.31. The molecule has 1 aliphatic heterocycles. The van der Waals surface area contributed by atoms with Gasteiger partial charge in [-0.25, -0.2) is 4.39 Å². The minimum Gasteiger partial charge on any atom is -0.356 e. The Labute approximate surface area is 191 Å². The molecular weight excluding hydrogens is 446 g/mol. The molecule has 2 heterocycles. The Morgan fingerprint density at radius 1 is 1.09 bits per heavy atom. The minimum atomic E-state index is -3.18.